The minimum absolute atomic E-state index is 0.0345. The number of nitrogens with two attached hydrogens (primary N) is 1. The maximum Gasteiger partial charge on any atom is 0.347 e. The summed E-state index contributed by atoms with van der Waals surface area (Å²) < 4.78 is 17.5. The fourth-order valence-electron chi connectivity index (χ4n) is 3.87. The van der Waals surface area contributed by atoms with Crippen molar-refractivity contribution in [2.45, 2.75) is 78.5 Å². The first-order chi connectivity index (χ1) is 18.0. The lowest BCUT2D eigenvalue weighted by Gasteiger charge is -2.32. The Balaban J connectivity index is 1.97. The van der Waals surface area contributed by atoms with Crippen molar-refractivity contribution in [2.24, 2.45) is 10.9 Å². The Morgan fingerprint density at radius 2 is 1.50 bits per heavy atom. The SMILES string of the molecule is CC(C)N(C(=O)c1ccc(OCCCCCOc2ccc(C=NN)cc2)cc1OC(C)(C)C(=O)O)C(C)C. The van der Waals surface area contributed by atoms with Crippen molar-refractivity contribution in [1.82, 2.24) is 4.90 Å². The zero-order chi connectivity index (χ0) is 28.3. The topological polar surface area (TPSA) is 124 Å². The molecule has 0 atom stereocenters. The average molecular weight is 528 g/mol. The van der Waals surface area contributed by atoms with E-state index in [-0.39, 0.29) is 23.7 Å². The van der Waals surface area contributed by atoms with E-state index in [1.54, 1.807) is 29.3 Å². The fourth-order valence-corrected chi connectivity index (χ4v) is 3.87. The van der Waals surface area contributed by atoms with E-state index in [4.69, 9.17) is 20.1 Å². The van der Waals surface area contributed by atoms with Gasteiger partial charge in [0.25, 0.3) is 5.91 Å². The Bertz CT molecular complexity index is 1070. The quantitative estimate of drug-likeness (QED) is 0.143. The molecular formula is C29H41N3O6. The zero-order valence-electron chi connectivity index (χ0n) is 23.3. The summed E-state index contributed by atoms with van der Waals surface area (Å²) in [6, 6.07) is 12.4. The standard InChI is InChI=1S/C29H41N3O6/c1-20(2)32(21(3)4)27(33)25-15-14-24(18-26(25)38-29(5,6)28(34)35)37-17-9-7-8-16-36-23-12-10-22(11-13-23)19-31-30/h10-15,18-21H,7-9,16-17,30H2,1-6H3,(H,34,35). The number of hydrazone groups is 1. The van der Waals surface area contributed by atoms with Crippen LogP contribution >= 0.6 is 0 Å². The van der Waals surface area contributed by atoms with Crippen LogP contribution in [0.4, 0.5) is 0 Å². The molecule has 2 aromatic rings. The first kappa shape index (κ1) is 30.5. The molecule has 2 rings (SSSR count). The van der Waals surface area contributed by atoms with Gasteiger partial charge in [0.15, 0.2) is 5.60 Å². The third kappa shape index (κ3) is 8.97. The van der Waals surface area contributed by atoms with Crippen molar-refractivity contribution in [1.29, 1.82) is 0 Å². The lowest BCUT2D eigenvalue weighted by molar-refractivity contribution is -0.152. The molecule has 0 unspecified atom stereocenters. The van der Waals surface area contributed by atoms with Crippen LogP contribution in [0.1, 0.15) is 76.7 Å². The van der Waals surface area contributed by atoms with E-state index >= 15 is 0 Å². The molecule has 0 spiro atoms. The van der Waals surface area contributed by atoms with Crippen LogP contribution in [0.2, 0.25) is 0 Å². The van der Waals surface area contributed by atoms with Crippen molar-refractivity contribution in [3.05, 3.63) is 53.6 Å². The molecule has 0 saturated heterocycles. The van der Waals surface area contributed by atoms with Crippen molar-refractivity contribution in [3.63, 3.8) is 0 Å². The number of carboxylic acid groups (broad SMARTS) is 1. The van der Waals surface area contributed by atoms with Gasteiger partial charge in [-0.1, -0.05) is 0 Å². The number of carboxylic acids is 1. The largest absolute Gasteiger partial charge is 0.494 e. The van der Waals surface area contributed by atoms with E-state index < -0.39 is 11.6 Å². The molecule has 0 heterocycles. The van der Waals surface area contributed by atoms with Crippen LogP contribution in [0.3, 0.4) is 0 Å². The Hall–Kier alpha value is -3.75. The molecule has 2 aromatic carbocycles. The second-order valence-electron chi connectivity index (χ2n) is 10.1. The molecule has 1 amide bonds. The fraction of sp³-hybridized carbons (Fsp3) is 0.483. The molecule has 0 bridgehead atoms. The molecule has 0 aromatic heterocycles. The molecule has 9 nitrogen and oxygen atoms in total. The van der Waals surface area contributed by atoms with Crippen LogP contribution in [0.15, 0.2) is 47.6 Å². The Morgan fingerprint density at radius 3 is 2.03 bits per heavy atom. The van der Waals surface area contributed by atoms with E-state index in [2.05, 4.69) is 5.10 Å². The van der Waals surface area contributed by atoms with Gasteiger partial charge in [-0.05, 0) is 103 Å². The number of ether oxygens (including phenoxy) is 3. The third-order valence-corrected chi connectivity index (χ3v) is 5.84. The summed E-state index contributed by atoms with van der Waals surface area (Å²) >= 11 is 0. The Labute approximate surface area is 225 Å². The monoisotopic (exact) mass is 527 g/mol. The van der Waals surface area contributed by atoms with Gasteiger partial charge in [-0.2, -0.15) is 5.10 Å². The van der Waals surface area contributed by atoms with E-state index in [1.165, 1.54) is 13.8 Å². The first-order valence-electron chi connectivity index (χ1n) is 12.9. The smallest absolute Gasteiger partial charge is 0.347 e. The van der Waals surface area contributed by atoms with Crippen LogP contribution in [0.25, 0.3) is 0 Å². The van der Waals surface area contributed by atoms with E-state index in [0.29, 0.717) is 24.5 Å². The second kappa shape index (κ2) is 14.3. The maximum absolute atomic E-state index is 13.4. The number of hydrogen-bond acceptors (Lipinski definition) is 7. The molecule has 38 heavy (non-hydrogen) atoms. The lowest BCUT2D eigenvalue weighted by atomic mass is 10.1. The van der Waals surface area contributed by atoms with Crippen LogP contribution in [0.5, 0.6) is 17.2 Å². The summed E-state index contributed by atoms with van der Waals surface area (Å²) in [6.07, 6.45) is 4.15. The van der Waals surface area contributed by atoms with Gasteiger partial charge in [-0.3, -0.25) is 4.79 Å². The summed E-state index contributed by atoms with van der Waals surface area (Å²) in [5, 5.41) is 13.1. The van der Waals surface area contributed by atoms with Crippen LogP contribution in [-0.2, 0) is 4.79 Å². The average Bonchev–Trinajstić information content (AvgIpc) is 2.84. The molecule has 0 aliphatic rings. The Kier molecular flexibility index (Phi) is 11.4. The number of amides is 1. The number of hydrogen-bond donors (Lipinski definition) is 2. The number of aliphatic carboxylic acids is 1. The normalized spacial score (nSPS) is 11.7. The number of unbranched alkanes of at least 4 members (excludes halogenated alkanes) is 2. The highest BCUT2D eigenvalue weighted by molar-refractivity contribution is 5.97. The maximum atomic E-state index is 13.4. The van der Waals surface area contributed by atoms with Gasteiger partial charge in [0.2, 0.25) is 0 Å². The molecule has 0 aliphatic heterocycles. The van der Waals surface area contributed by atoms with Gasteiger partial charge in [0.05, 0.1) is 25.0 Å². The number of carbonyl (C=O) groups is 2. The van der Waals surface area contributed by atoms with Gasteiger partial charge < -0.3 is 30.1 Å². The second-order valence-corrected chi connectivity index (χ2v) is 10.1. The molecule has 208 valence electrons. The Morgan fingerprint density at radius 1 is 0.947 bits per heavy atom. The van der Waals surface area contributed by atoms with Crippen molar-refractivity contribution in [3.8, 4) is 17.2 Å². The van der Waals surface area contributed by atoms with E-state index in [9.17, 15) is 14.7 Å². The van der Waals surface area contributed by atoms with E-state index in [0.717, 1.165) is 30.6 Å². The van der Waals surface area contributed by atoms with Gasteiger partial charge in [0.1, 0.15) is 17.2 Å². The molecular weight excluding hydrogens is 486 g/mol. The third-order valence-electron chi connectivity index (χ3n) is 5.84. The minimum Gasteiger partial charge on any atom is -0.494 e. The minimum atomic E-state index is -1.52. The number of benzene rings is 2. The van der Waals surface area contributed by atoms with Gasteiger partial charge in [-0.15, -0.1) is 0 Å². The highest BCUT2D eigenvalue weighted by Crippen LogP contribution is 2.31. The summed E-state index contributed by atoms with van der Waals surface area (Å²) in [5.41, 5.74) is -0.312. The molecule has 0 fully saturated rings. The highest BCUT2D eigenvalue weighted by atomic mass is 16.5. The summed E-state index contributed by atoms with van der Waals surface area (Å²) in [4.78, 5) is 26.8. The summed E-state index contributed by atoms with van der Waals surface area (Å²) in [7, 11) is 0. The van der Waals surface area contributed by atoms with Crippen LogP contribution < -0.4 is 20.1 Å². The first-order valence-corrected chi connectivity index (χ1v) is 12.9. The lowest BCUT2D eigenvalue weighted by Crippen LogP contribution is -2.43. The number of nitrogens with zero attached hydrogens (tertiary/aromatic N) is 2. The van der Waals surface area contributed by atoms with Gasteiger partial charge in [-0.25, -0.2) is 4.79 Å². The molecule has 9 heteroatoms. The van der Waals surface area contributed by atoms with E-state index in [1.807, 2.05) is 52.0 Å². The van der Waals surface area contributed by atoms with Crippen molar-refractivity contribution in [2.75, 3.05) is 13.2 Å². The molecule has 0 radical (unpaired) electrons. The van der Waals surface area contributed by atoms with Crippen LogP contribution in [0, 0.1) is 0 Å². The van der Waals surface area contributed by atoms with Crippen molar-refractivity contribution < 1.29 is 28.9 Å². The molecule has 3 N–H and O–H groups in total. The summed E-state index contributed by atoms with van der Waals surface area (Å²) in [5.74, 6) is 5.28. The van der Waals surface area contributed by atoms with Crippen molar-refractivity contribution >= 4 is 18.1 Å². The van der Waals surface area contributed by atoms with Gasteiger partial charge >= 0.3 is 5.97 Å². The number of carbonyl (C=O) groups excluding carboxylic acids is 1. The predicted octanol–water partition coefficient (Wildman–Crippen LogP) is 5.11. The summed E-state index contributed by atoms with van der Waals surface area (Å²) in [6.45, 7) is 11.7. The molecule has 0 saturated carbocycles. The number of rotatable bonds is 15. The zero-order valence-corrected chi connectivity index (χ0v) is 23.3. The highest BCUT2D eigenvalue weighted by Gasteiger charge is 2.32. The van der Waals surface area contributed by atoms with Gasteiger partial charge in [0, 0.05) is 18.2 Å². The molecule has 0 aliphatic carbocycles. The van der Waals surface area contributed by atoms with Crippen LogP contribution in [-0.4, -0.2) is 59.0 Å². The predicted molar refractivity (Wildman–Crippen MR) is 148 cm³/mol.